The fourth-order valence-electron chi connectivity index (χ4n) is 3.60. The Morgan fingerprint density at radius 2 is 1.37 bits per heavy atom. The van der Waals surface area contributed by atoms with Crippen LogP contribution in [0.25, 0.3) is 0 Å². The van der Waals surface area contributed by atoms with E-state index >= 15 is 0 Å². The first-order chi connectivity index (χ1) is 22.9. The van der Waals surface area contributed by atoms with Crippen molar-refractivity contribution in [1.82, 2.24) is 15.0 Å². The van der Waals surface area contributed by atoms with Crippen LogP contribution in [0.1, 0.15) is 0 Å². The molecule has 0 aliphatic rings. The lowest BCUT2D eigenvalue weighted by Crippen LogP contribution is -2.19. The Hall–Kier alpha value is -5.60. The average Bonchev–Trinajstić information content (AvgIpc) is 2.98. The van der Waals surface area contributed by atoms with Gasteiger partial charge < -0.3 is 21.7 Å². The van der Waals surface area contributed by atoms with E-state index < -0.39 is 53.1 Å². The van der Waals surface area contributed by atoms with Crippen molar-refractivity contribution in [2.75, 3.05) is 28.2 Å². The molecule has 0 radical (unpaired) electrons. The molecule has 258 valence electrons. The highest BCUT2D eigenvalue weighted by Crippen LogP contribution is 2.34. The number of anilines is 4. The molecule has 1 aromatic heterocycles. The van der Waals surface area contributed by atoms with Crippen LogP contribution in [0.15, 0.2) is 90.9 Å². The molecule has 21 nitrogen and oxygen atoms in total. The van der Waals surface area contributed by atoms with Crippen molar-refractivity contribution in [2.24, 2.45) is 26.2 Å². The highest BCUT2D eigenvalue weighted by molar-refractivity contribution is 7.86. The molecule has 4 aromatic rings. The highest BCUT2D eigenvalue weighted by Gasteiger charge is 2.18. The van der Waals surface area contributed by atoms with E-state index in [-0.39, 0.29) is 57.5 Å². The molecule has 8 N–H and O–H groups in total. The quantitative estimate of drug-likeness (QED) is 0.0756. The standard InChI is InChI=1S/C24H22FN11O10S3/c25-21-30-23(27-9-10-47(38,39)40)32-24(31-21)28-14-3-7-17(19(11-14)29-22(26)37)35-36-18-8-4-15(12-20(18)49(44,45)46)34-33-13-1-5-16(6-2-13)48(41,42)43/h1-8,11-12H,9-10H2,(H3,26,29,37)(H,38,39,40)(H,41,42,43)(H,44,45,46)(H2,27,28,30,31,32)/b34-33+,36-35+. The Morgan fingerprint density at radius 1 is 0.755 bits per heavy atom. The molecule has 1 heterocycles. The third-order valence-corrected chi connectivity index (χ3v) is 8.13. The van der Waals surface area contributed by atoms with Crippen LogP contribution in [0.3, 0.4) is 0 Å². The molecule has 0 atom stereocenters. The minimum absolute atomic E-state index is 0.0662. The number of carbonyl (C=O) groups is 1. The first-order valence-corrected chi connectivity index (χ1v) is 17.5. The topological polar surface area (TPSA) is 330 Å². The van der Waals surface area contributed by atoms with Crippen molar-refractivity contribution in [2.45, 2.75) is 9.79 Å². The predicted octanol–water partition coefficient (Wildman–Crippen LogP) is 3.87. The summed E-state index contributed by atoms with van der Waals surface area (Å²) in [4.78, 5) is 21.3. The van der Waals surface area contributed by atoms with Gasteiger partial charge >= 0.3 is 12.1 Å². The number of primary amides is 1. The lowest BCUT2D eigenvalue weighted by molar-refractivity contribution is 0.259. The van der Waals surface area contributed by atoms with Gasteiger partial charge in [0.1, 0.15) is 16.3 Å². The monoisotopic (exact) mass is 739 g/mol. The number of nitrogens with two attached hydrogens (primary N) is 1. The number of nitrogens with one attached hydrogen (secondary N) is 3. The maximum absolute atomic E-state index is 14.0. The van der Waals surface area contributed by atoms with Gasteiger partial charge in [-0.3, -0.25) is 13.7 Å². The Bertz CT molecular complexity index is 2290. The molecular formula is C24H22FN11O10S3. The zero-order valence-corrected chi connectivity index (χ0v) is 26.6. The number of amides is 2. The fourth-order valence-corrected chi connectivity index (χ4v) is 5.08. The van der Waals surface area contributed by atoms with E-state index in [0.717, 1.165) is 24.3 Å². The number of halogens is 1. The lowest BCUT2D eigenvalue weighted by Gasteiger charge is -2.11. The molecule has 49 heavy (non-hydrogen) atoms. The van der Waals surface area contributed by atoms with E-state index in [0.29, 0.717) is 0 Å². The molecule has 0 spiro atoms. The maximum atomic E-state index is 14.0. The second-order valence-electron chi connectivity index (χ2n) is 9.31. The summed E-state index contributed by atoms with van der Waals surface area (Å²) in [6.45, 7) is -0.351. The van der Waals surface area contributed by atoms with E-state index in [2.05, 4.69) is 51.4 Å². The van der Waals surface area contributed by atoms with Gasteiger partial charge in [-0.15, -0.1) is 10.2 Å². The summed E-state index contributed by atoms with van der Waals surface area (Å²) in [6.07, 6.45) is -1.25. The second-order valence-corrected chi connectivity index (χ2v) is 13.7. The van der Waals surface area contributed by atoms with Gasteiger partial charge in [-0.1, -0.05) is 0 Å². The fraction of sp³-hybridized carbons (Fsp3) is 0.0833. The Balaban J connectivity index is 1.58. The number of rotatable bonds is 13. The normalized spacial score (nSPS) is 12.3. The van der Waals surface area contributed by atoms with Crippen LogP contribution in [-0.4, -0.2) is 72.2 Å². The summed E-state index contributed by atoms with van der Waals surface area (Å²) in [6, 6.07) is 10.8. The second kappa shape index (κ2) is 14.7. The number of benzene rings is 3. The van der Waals surface area contributed by atoms with Gasteiger partial charge in [0.2, 0.25) is 11.9 Å². The van der Waals surface area contributed by atoms with Crippen LogP contribution in [-0.2, 0) is 30.4 Å². The van der Waals surface area contributed by atoms with Crippen molar-refractivity contribution in [3.63, 3.8) is 0 Å². The van der Waals surface area contributed by atoms with E-state index in [9.17, 15) is 39.0 Å². The minimum Gasteiger partial charge on any atom is -0.353 e. The molecule has 0 saturated heterocycles. The van der Waals surface area contributed by atoms with Gasteiger partial charge in [0.25, 0.3) is 30.4 Å². The maximum Gasteiger partial charge on any atom is 0.316 e. The molecule has 2 amide bonds. The first kappa shape index (κ1) is 36.2. The number of urea groups is 1. The summed E-state index contributed by atoms with van der Waals surface area (Å²) in [5.41, 5.74) is 4.95. The predicted molar refractivity (Wildman–Crippen MR) is 168 cm³/mol. The number of carbonyl (C=O) groups excluding carboxylic acids is 1. The van der Waals surface area contributed by atoms with Gasteiger partial charge in [0.05, 0.1) is 27.7 Å². The zero-order valence-electron chi connectivity index (χ0n) is 24.2. The number of aromatic nitrogens is 3. The van der Waals surface area contributed by atoms with E-state index in [4.69, 9.17) is 14.8 Å². The van der Waals surface area contributed by atoms with Crippen molar-refractivity contribution in [1.29, 1.82) is 0 Å². The van der Waals surface area contributed by atoms with Crippen molar-refractivity contribution in [3.05, 3.63) is 66.7 Å². The Morgan fingerprint density at radius 3 is 2.00 bits per heavy atom. The molecule has 3 aromatic carbocycles. The van der Waals surface area contributed by atoms with Crippen LogP contribution in [0, 0.1) is 6.08 Å². The summed E-state index contributed by atoms with van der Waals surface area (Å²) in [7, 11) is -13.6. The summed E-state index contributed by atoms with van der Waals surface area (Å²) >= 11 is 0. The van der Waals surface area contributed by atoms with E-state index in [1.807, 2.05) is 0 Å². The molecule has 0 unspecified atom stereocenters. The molecule has 0 bridgehead atoms. The summed E-state index contributed by atoms with van der Waals surface area (Å²) in [5, 5.41) is 22.8. The molecule has 0 fully saturated rings. The van der Waals surface area contributed by atoms with Crippen LogP contribution < -0.4 is 21.7 Å². The number of azo groups is 2. The third kappa shape index (κ3) is 11.0. The third-order valence-electron chi connectivity index (χ3n) is 5.66. The van der Waals surface area contributed by atoms with E-state index in [1.165, 1.54) is 36.4 Å². The first-order valence-electron chi connectivity index (χ1n) is 13.0. The lowest BCUT2D eigenvalue weighted by atomic mass is 10.2. The van der Waals surface area contributed by atoms with Crippen LogP contribution in [0.5, 0.6) is 0 Å². The van der Waals surface area contributed by atoms with E-state index in [1.54, 1.807) is 0 Å². The molecule has 4 rings (SSSR count). The van der Waals surface area contributed by atoms with Crippen molar-refractivity contribution < 1.29 is 48.1 Å². The van der Waals surface area contributed by atoms with Gasteiger partial charge in [0, 0.05) is 12.2 Å². The Labute approximate surface area is 275 Å². The van der Waals surface area contributed by atoms with Gasteiger partial charge in [-0.2, -0.15) is 54.8 Å². The smallest absolute Gasteiger partial charge is 0.316 e. The minimum atomic E-state index is -4.90. The molecule has 0 aliphatic heterocycles. The van der Waals surface area contributed by atoms with Gasteiger partial charge in [0.15, 0.2) is 0 Å². The van der Waals surface area contributed by atoms with Crippen LogP contribution >= 0.6 is 0 Å². The zero-order chi connectivity index (χ0) is 36.0. The molecule has 0 aliphatic carbocycles. The highest BCUT2D eigenvalue weighted by atomic mass is 32.2. The number of hydrogen-bond donors (Lipinski definition) is 7. The van der Waals surface area contributed by atoms with Gasteiger partial charge in [-0.05, 0) is 60.7 Å². The summed E-state index contributed by atoms with van der Waals surface area (Å²) < 4.78 is 110. The van der Waals surface area contributed by atoms with Crippen molar-refractivity contribution in [3.8, 4) is 0 Å². The summed E-state index contributed by atoms with van der Waals surface area (Å²) in [5.74, 6) is -1.43. The van der Waals surface area contributed by atoms with Crippen LogP contribution in [0.2, 0.25) is 0 Å². The Kier molecular flexibility index (Phi) is 10.8. The molecule has 0 saturated carbocycles. The molecule has 25 heteroatoms. The largest absolute Gasteiger partial charge is 0.353 e. The molecular weight excluding hydrogens is 718 g/mol. The van der Waals surface area contributed by atoms with Crippen LogP contribution in [0.4, 0.5) is 55.2 Å². The SMILES string of the molecule is NC(=O)Nc1cc(Nc2nc(F)nc(NCCS(=O)(=O)O)n2)ccc1/N=N/c1ccc(/N=N/c2ccc(S(=O)(=O)O)cc2)cc1S(=O)(=O)O. The number of hydrogen-bond acceptors (Lipinski definition) is 16. The van der Waals surface area contributed by atoms with Crippen molar-refractivity contribution >= 4 is 82.4 Å². The average molecular weight is 740 g/mol. The van der Waals surface area contributed by atoms with Gasteiger partial charge in [-0.25, -0.2) is 4.79 Å². The number of nitrogens with zero attached hydrogens (tertiary/aromatic N) is 7.